The largest absolute Gasteiger partial charge is 0.306 e. The van der Waals surface area contributed by atoms with Crippen molar-refractivity contribution in [1.29, 1.82) is 0 Å². The summed E-state index contributed by atoms with van der Waals surface area (Å²) in [5, 5.41) is 6.83. The molecule has 0 aromatic carbocycles. The Morgan fingerprint density at radius 1 is 1.60 bits per heavy atom. The summed E-state index contributed by atoms with van der Waals surface area (Å²) in [5.41, 5.74) is 1.60. The number of hydrogen-bond acceptors (Lipinski definition) is 3. The molecule has 0 atom stereocenters. The maximum absolute atomic E-state index is 10.5. The fourth-order valence-corrected chi connectivity index (χ4v) is 2.12. The first kappa shape index (κ1) is 10.4. The first-order chi connectivity index (χ1) is 7.28. The normalized spacial score (nSPS) is 19.3. The molecule has 0 saturated carbocycles. The van der Waals surface area contributed by atoms with E-state index < -0.39 is 0 Å². The van der Waals surface area contributed by atoms with Crippen molar-refractivity contribution in [1.82, 2.24) is 15.1 Å². The summed E-state index contributed by atoms with van der Waals surface area (Å²) in [4.78, 5) is 12.8. The van der Waals surface area contributed by atoms with Crippen LogP contribution < -0.4 is 0 Å². The van der Waals surface area contributed by atoms with E-state index in [1.54, 1.807) is 0 Å². The van der Waals surface area contributed by atoms with E-state index in [0.717, 1.165) is 24.3 Å². The van der Waals surface area contributed by atoms with Gasteiger partial charge in [-0.1, -0.05) is 0 Å². The van der Waals surface area contributed by atoms with Gasteiger partial charge in [-0.3, -0.25) is 9.89 Å². The molecule has 82 valence electrons. The Labute approximate surface area is 89.7 Å². The van der Waals surface area contributed by atoms with Gasteiger partial charge in [-0.15, -0.1) is 0 Å². The molecule has 0 bridgehead atoms. The Morgan fingerprint density at radius 2 is 2.33 bits per heavy atom. The molecule has 1 saturated heterocycles. The van der Waals surface area contributed by atoms with Crippen molar-refractivity contribution >= 4 is 6.29 Å². The third-order valence-corrected chi connectivity index (χ3v) is 3.12. The topological polar surface area (TPSA) is 49.0 Å². The average Bonchev–Trinajstić information content (AvgIpc) is 2.69. The van der Waals surface area contributed by atoms with Crippen LogP contribution in [0.4, 0.5) is 0 Å². The van der Waals surface area contributed by atoms with E-state index in [9.17, 15) is 4.79 Å². The monoisotopic (exact) mass is 207 g/mol. The van der Waals surface area contributed by atoms with E-state index in [4.69, 9.17) is 0 Å². The van der Waals surface area contributed by atoms with Crippen LogP contribution in [0.15, 0.2) is 6.07 Å². The minimum Gasteiger partial charge on any atom is -0.306 e. The van der Waals surface area contributed by atoms with E-state index in [0.29, 0.717) is 5.69 Å². The van der Waals surface area contributed by atoms with Crippen molar-refractivity contribution in [2.45, 2.75) is 19.3 Å². The number of likely N-dealkylation sites (tertiary alicyclic amines) is 1. The second kappa shape index (κ2) is 4.57. The molecule has 0 aliphatic carbocycles. The van der Waals surface area contributed by atoms with Gasteiger partial charge < -0.3 is 4.90 Å². The maximum atomic E-state index is 10.5. The molecular weight excluding hydrogens is 190 g/mol. The highest BCUT2D eigenvalue weighted by Crippen LogP contribution is 2.19. The van der Waals surface area contributed by atoms with Crippen molar-refractivity contribution in [3.63, 3.8) is 0 Å². The van der Waals surface area contributed by atoms with Gasteiger partial charge in [-0.2, -0.15) is 5.10 Å². The lowest BCUT2D eigenvalue weighted by Crippen LogP contribution is -2.30. The van der Waals surface area contributed by atoms with Gasteiger partial charge in [0.05, 0.1) is 0 Å². The van der Waals surface area contributed by atoms with Gasteiger partial charge in [0.15, 0.2) is 6.29 Å². The van der Waals surface area contributed by atoms with Crippen LogP contribution in [-0.2, 0) is 6.42 Å². The Bertz CT molecular complexity index is 326. The number of rotatable bonds is 3. The number of hydrogen-bond donors (Lipinski definition) is 1. The maximum Gasteiger partial charge on any atom is 0.170 e. The van der Waals surface area contributed by atoms with Gasteiger partial charge in [0.1, 0.15) is 5.69 Å². The highest BCUT2D eigenvalue weighted by atomic mass is 16.1. The number of aromatic amines is 1. The number of aldehydes is 1. The molecule has 1 aromatic rings. The van der Waals surface area contributed by atoms with Crippen molar-refractivity contribution in [3.8, 4) is 0 Å². The smallest absolute Gasteiger partial charge is 0.170 e. The molecule has 2 rings (SSSR count). The van der Waals surface area contributed by atoms with E-state index in [2.05, 4.69) is 22.1 Å². The van der Waals surface area contributed by atoms with Crippen LogP contribution in [0.25, 0.3) is 0 Å². The van der Waals surface area contributed by atoms with Gasteiger partial charge in [-0.25, -0.2) is 0 Å². The number of H-pyrrole nitrogens is 1. The van der Waals surface area contributed by atoms with E-state index in [1.807, 2.05) is 6.07 Å². The van der Waals surface area contributed by atoms with Gasteiger partial charge in [0.25, 0.3) is 0 Å². The zero-order valence-electron chi connectivity index (χ0n) is 9.07. The van der Waals surface area contributed by atoms with Crippen molar-refractivity contribution in [2.24, 2.45) is 5.92 Å². The molecule has 0 radical (unpaired) electrons. The summed E-state index contributed by atoms with van der Waals surface area (Å²) >= 11 is 0. The molecule has 4 heteroatoms. The van der Waals surface area contributed by atoms with Gasteiger partial charge >= 0.3 is 0 Å². The minimum atomic E-state index is 0.512. The summed E-state index contributed by atoms with van der Waals surface area (Å²) in [7, 11) is 2.16. The quantitative estimate of drug-likeness (QED) is 0.755. The van der Waals surface area contributed by atoms with Crippen LogP contribution in [0.3, 0.4) is 0 Å². The molecule has 0 amide bonds. The number of nitrogens with zero attached hydrogens (tertiary/aromatic N) is 2. The molecule has 15 heavy (non-hydrogen) atoms. The molecule has 2 heterocycles. The lowest BCUT2D eigenvalue weighted by molar-refractivity contribution is 0.111. The predicted octanol–water partition coefficient (Wildman–Crippen LogP) is 1.11. The Balaban J connectivity index is 1.88. The number of piperidine rings is 1. The van der Waals surface area contributed by atoms with Crippen LogP contribution in [-0.4, -0.2) is 41.5 Å². The lowest BCUT2D eigenvalue weighted by atomic mass is 9.92. The van der Waals surface area contributed by atoms with Crippen LogP contribution >= 0.6 is 0 Å². The molecule has 1 aliphatic rings. The van der Waals surface area contributed by atoms with Gasteiger partial charge in [-0.05, 0) is 51.4 Å². The lowest BCUT2D eigenvalue weighted by Gasteiger charge is -2.28. The van der Waals surface area contributed by atoms with Crippen molar-refractivity contribution in [3.05, 3.63) is 17.5 Å². The molecule has 4 nitrogen and oxygen atoms in total. The summed E-state index contributed by atoms with van der Waals surface area (Å²) in [6, 6.07) is 1.85. The standard InChI is InChI=1S/C11H17N3O/c1-14-4-2-9(3-5-14)6-10-7-11(8-15)13-12-10/h7-9H,2-6H2,1H3,(H,12,13). The zero-order chi connectivity index (χ0) is 10.7. The molecule has 0 spiro atoms. The Hall–Kier alpha value is -1.16. The Kier molecular flexibility index (Phi) is 3.16. The van der Waals surface area contributed by atoms with Gasteiger partial charge in [0.2, 0.25) is 0 Å². The summed E-state index contributed by atoms with van der Waals surface area (Å²) in [6.45, 7) is 2.36. The highest BCUT2D eigenvalue weighted by Gasteiger charge is 2.17. The molecular formula is C11H17N3O. The SMILES string of the molecule is CN1CCC(Cc2cc(C=O)n[nH]2)CC1. The summed E-state index contributed by atoms with van der Waals surface area (Å²) in [5.74, 6) is 0.737. The van der Waals surface area contributed by atoms with Gasteiger partial charge in [0, 0.05) is 5.69 Å². The van der Waals surface area contributed by atoms with Crippen molar-refractivity contribution < 1.29 is 4.79 Å². The molecule has 1 N–H and O–H groups in total. The predicted molar refractivity (Wildman–Crippen MR) is 57.9 cm³/mol. The second-order valence-electron chi connectivity index (χ2n) is 4.39. The molecule has 0 unspecified atom stereocenters. The Morgan fingerprint density at radius 3 is 2.93 bits per heavy atom. The van der Waals surface area contributed by atoms with Crippen LogP contribution in [0.2, 0.25) is 0 Å². The third-order valence-electron chi connectivity index (χ3n) is 3.12. The average molecular weight is 207 g/mol. The highest BCUT2D eigenvalue weighted by molar-refractivity contribution is 5.71. The number of nitrogens with one attached hydrogen (secondary N) is 1. The fourth-order valence-electron chi connectivity index (χ4n) is 2.12. The zero-order valence-corrected chi connectivity index (χ0v) is 9.07. The molecule has 1 fully saturated rings. The summed E-state index contributed by atoms with van der Waals surface area (Å²) in [6.07, 6.45) is 4.29. The van der Waals surface area contributed by atoms with E-state index >= 15 is 0 Å². The third kappa shape index (κ3) is 2.65. The number of carbonyl (C=O) groups excluding carboxylic acids is 1. The number of aromatic nitrogens is 2. The van der Waals surface area contributed by atoms with Crippen LogP contribution in [0, 0.1) is 5.92 Å². The van der Waals surface area contributed by atoms with E-state index in [-0.39, 0.29) is 0 Å². The first-order valence-electron chi connectivity index (χ1n) is 5.46. The van der Waals surface area contributed by atoms with Crippen molar-refractivity contribution in [2.75, 3.05) is 20.1 Å². The fraction of sp³-hybridized carbons (Fsp3) is 0.636. The molecule has 1 aliphatic heterocycles. The first-order valence-corrected chi connectivity index (χ1v) is 5.46. The minimum absolute atomic E-state index is 0.512. The summed E-state index contributed by atoms with van der Waals surface area (Å²) < 4.78 is 0. The number of carbonyl (C=O) groups is 1. The molecule has 1 aromatic heterocycles. The van der Waals surface area contributed by atoms with Crippen LogP contribution in [0.1, 0.15) is 29.0 Å². The van der Waals surface area contributed by atoms with Crippen LogP contribution in [0.5, 0.6) is 0 Å². The van der Waals surface area contributed by atoms with E-state index in [1.165, 1.54) is 25.9 Å². The second-order valence-corrected chi connectivity index (χ2v) is 4.39.